The molecule has 2 aromatic carbocycles. The first-order valence-electron chi connectivity index (χ1n) is 6.39. The normalized spacial score (nSPS) is 10.4. The Kier molecular flexibility index (Phi) is 3.37. The molecule has 20 heavy (non-hydrogen) atoms. The van der Waals surface area contributed by atoms with Gasteiger partial charge in [-0.2, -0.15) is 5.10 Å². The number of rotatable bonds is 4. The molecular formula is C16H15N3O. The van der Waals surface area contributed by atoms with Crippen LogP contribution in [0.1, 0.15) is 5.56 Å². The third-order valence-electron chi connectivity index (χ3n) is 3.06. The van der Waals surface area contributed by atoms with Crippen LogP contribution >= 0.6 is 0 Å². The molecule has 0 spiro atoms. The van der Waals surface area contributed by atoms with Crippen LogP contribution in [0.25, 0.3) is 11.3 Å². The minimum atomic E-state index is 0.562. The second kappa shape index (κ2) is 5.48. The van der Waals surface area contributed by atoms with Gasteiger partial charge in [-0.1, -0.05) is 30.3 Å². The predicted molar refractivity (Wildman–Crippen MR) is 79.2 cm³/mol. The summed E-state index contributed by atoms with van der Waals surface area (Å²) in [5, 5.41) is 6.80. The lowest BCUT2D eigenvalue weighted by Gasteiger charge is -2.07. The molecule has 0 bridgehead atoms. The number of nitrogens with two attached hydrogens (primary N) is 1. The second-order valence-electron chi connectivity index (χ2n) is 4.50. The van der Waals surface area contributed by atoms with Crippen molar-refractivity contribution in [2.45, 2.75) is 6.61 Å². The van der Waals surface area contributed by atoms with Crippen molar-refractivity contribution in [3.63, 3.8) is 0 Å². The smallest absolute Gasteiger partial charge is 0.119 e. The third kappa shape index (κ3) is 2.64. The minimum absolute atomic E-state index is 0.562. The molecule has 4 heteroatoms. The average Bonchev–Trinajstić information content (AvgIpc) is 2.93. The molecule has 0 aliphatic rings. The van der Waals surface area contributed by atoms with Crippen LogP contribution in [-0.2, 0) is 6.61 Å². The second-order valence-corrected chi connectivity index (χ2v) is 4.50. The van der Waals surface area contributed by atoms with E-state index in [1.165, 1.54) is 0 Å². The lowest BCUT2D eigenvalue weighted by Crippen LogP contribution is -1.95. The summed E-state index contributed by atoms with van der Waals surface area (Å²) in [5.41, 5.74) is 9.44. The van der Waals surface area contributed by atoms with Crippen LogP contribution in [0.4, 0.5) is 5.69 Å². The van der Waals surface area contributed by atoms with Gasteiger partial charge in [0.15, 0.2) is 0 Å². The summed E-state index contributed by atoms with van der Waals surface area (Å²) in [4.78, 5) is 0. The summed E-state index contributed by atoms with van der Waals surface area (Å²) in [5.74, 6) is 0.829. The molecule has 100 valence electrons. The Bertz CT molecular complexity index is 674. The van der Waals surface area contributed by atoms with Gasteiger partial charge in [0.2, 0.25) is 0 Å². The van der Waals surface area contributed by atoms with E-state index in [1.807, 2.05) is 54.6 Å². The number of nitrogen functional groups attached to an aromatic ring is 1. The van der Waals surface area contributed by atoms with Gasteiger partial charge >= 0.3 is 0 Å². The maximum Gasteiger partial charge on any atom is 0.119 e. The van der Waals surface area contributed by atoms with E-state index in [9.17, 15) is 0 Å². The number of aromatic amines is 1. The average molecular weight is 265 g/mol. The van der Waals surface area contributed by atoms with Gasteiger partial charge in [0.25, 0.3) is 0 Å². The van der Waals surface area contributed by atoms with E-state index >= 15 is 0 Å². The topological polar surface area (TPSA) is 63.9 Å². The van der Waals surface area contributed by atoms with E-state index in [1.54, 1.807) is 6.20 Å². The summed E-state index contributed by atoms with van der Waals surface area (Å²) in [6.07, 6.45) is 1.61. The van der Waals surface area contributed by atoms with Crippen LogP contribution < -0.4 is 10.5 Å². The molecule has 0 saturated heterocycles. The van der Waals surface area contributed by atoms with Gasteiger partial charge in [-0.05, 0) is 29.8 Å². The highest BCUT2D eigenvalue weighted by atomic mass is 16.5. The number of nitrogens with one attached hydrogen (secondary N) is 1. The molecule has 0 aliphatic carbocycles. The Morgan fingerprint density at radius 3 is 2.40 bits per heavy atom. The summed E-state index contributed by atoms with van der Waals surface area (Å²) in [6, 6.07) is 17.9. The van der Waals surface area contributed by atoms with Crippen LogP contribution in [0.3, 0.4) is 0 Å². The Labute approximate surface area is 117 Å². The number of hydrogen-bond donors (Lipinski definition) is 2. The first-order chi connectivity index (χ1) is 9.83. The van der Waals surface area contributed by atoms with Crippen molar-refractivity contribution >= 4 is 5.69 Å². The molecule has 0 saturated carbocycles. The monoisotopic (exact) mass is 265 g/mol. The zero-order valence-electron chi connectivity index (χ0n) is 10.9. The number of anilines is 1. The molecule has 1 aromatic heterocycles. The van der Waals surface area contributed by atoms with E-state index in [-0.39, 0.29) is 0 Å². The van der Waals surface area contributed by atoms with Crippen molar-refractivity contribution in [1.82, 2.24) is 10.2 Å². The fourth-order valence-corrected chi connectivity index (χ4v) is 1.99. The lowest BCUT2D eigenvalue weighted by molar-refractivity contribution is 0.306. The van der Waals surface area contributed by atoms with Crippen molar-refractivity contribution in [2.75, 3.05) is 5.73 Å². The largest absolute Gasteiger partial charge is 0.489 e. The first-order valence-corrected chi connectivity index (χ1v) is 6.39. The summed E-state index contributed by atoms with van der Waals surface area (Å²) in [7, 11) is 0. The van der Waals surface area contributed by atoms with Gasteiger partial charge in [0.1, 0.15) is 12.4 Å². The molecule has 0 unspecified atom stereocenters. The van der Waals surface area contributed by atoms with Gasteiger partial charge in [-0.25, -0.2) is 0 Å². The predicted octanol–water partition coefficient (Wildman–Crippen LogP) is 3.24. The van der Waals surface area contributed by atoms with Crippen LogP contribution in [0.15, 0.2) is 60.8 Å². The number of benzene rings is 2. The van der Waals surface area contributed by atoms with Gasteiger partial charge in [-0.15, -0.1) is 0 Å². The van der Waals surface area contributed by atoms with Crippen LogP contribution in [0.5, 0.6) is 5.75 Å². The zero-order chi connectivity index (χ0) is 13.8. The number of hydrogen-bond acceptors (Lipinski definition) is 3. The molecule has 3 N–H and O–H groups in total. The van der Waals surface area contributed by atoms with Crippen LogP contribution in [0, 0.1) is 0 Å². The van der Waals surface area contributed by atoms with Gasteiger partial charge in [-0.3, -0.25) is 5.10 Å². The summed E-state index contributed by atoms with van der Waals surface area (Å²) >= 11 is 0. The van der Waals surface area contributed by atoms with E-state index in [2.05, 4.69) is 10.2 Å². The molecule has 0 radical (unpaired) electrons. The highest BCUT2D eigenvalue weighted by Crippen LogP contribution is 2.25. The molecule has 4 nitrogen and oxygen atoms in total. The van der Waals surface area contributed by atoms with E-state index < -0.39 is 0 Å². The first kappa shape index (κ1) is 12.3. The van der Waals surface area contributed by atoms with Crippen molar-refractivity contribution < 1.29 is 4.74 Å². The lowest BCUT2D eigenvalue weighted by atomic mass is 10.1. The quantitative estimate of drug-likeness (QED) is 0.761. The zero-order valence-corrected chi connectivity index (χ0v) is 10.9. The van der Waals surface area contributed by atoms with Crippen molar-refractivity contribution in [3.05, 3.63) is 66.4 Å². The molecule has 0 atom stereocenters. The molecule has 0 aliphatic heterocycles. The van der Waals surface area contributed by atoms with Crippen molar-refractivity contribution in [2.24, 2.45) is 0 Å². The van der Waals surface area contributed by atoms with Gasteiger partial charge in [0.05, 0.1) is 17.6 Å². The van der Waals surface area contributed by atoms with E-state index in [0.29, 0.717) is 12.3 Å². The Morgan fingerprint density at radius 1 is 1.00 bits per heavy atom. The Hall–Kier alpha value is -2.75. The van der Waals surface area contributed by atoms with Crippen LogP contribution in [-0.4, -0.2) is 10.2 Å². The number of aromatic nitrogens is 2. The van der Waals surface area contributed by atoms with E-state index in [4.69, 9.17) is 10.5 Å². The molecule has 0 amide bonds. The standard InChI is InChI=1S/C16H15N3O/c17-15-10-18-19-16(15)13-6-8-14(9-7-13)20-11-12-4-2-1-3-5-12/h1-10H,11,17H2,(H,18,19). The molecule has 3 rings (SSSR count). The third-order valence-corrected chi connectivity index (χ3v) is 3.06. The highest BCUT2D eigenvalue weighted by molar-refractivity contribution is 5.72. The maximum atomic E-state index is 5.82. The SMILES string of the molecule is Nc1cn[nH]c1-c1ccc(OCc2ccccc2)cc1. The fraction of sp³-hybridized carbons (Fsp3) is 0.0625. The highest BCUT2D eigenvalue weighted by Gasteiger charge is 2.04. The summed E-state index contributed by atoms with van der Waals surface area (Å²) < 4.78 is 5.74. The number of ether oxygens (including phenoxy) is 1. The van der Waals surface area contributed by atoms with E-state index in [0.717, 1.165) is 22.6 Å². The van der Waals surface area contributed by atoms with Crippen molar-refractivity contribution in [3.8, 4) is 17.0 Å². The fourth-order valence-electron chi connectivity index (χ4n) is 1.99. The Balaban J connectivity index is 1.69. The number of H-pyrrole nitrogens is 1. The summed E-state index contributed by atoms with van der Waals surface area (Å²) in [6.45, 7) is 0.562. The molecular weight excluding hydrogens is 250 g/mol. The van der Waals surface area contributed by atoms with Gasteiger partial charge in [0, 0.05) is 5.56 Å². The maximum absolute atomic E-state index is 5.82. The molecule has 1 heterocycles. The minimum Gasteiger partial charge on any atom is -0.489 e. The Morgan fingerprint density at radius 2 is 1.75 bits per heavy atom. The molecule has 0 fully saturated rings. The molecule has 3 aromatic rings. The van der Waals surface area contributed by atoms with Crippen LogP contribution in [0.2, 0.25) is 0 Å². The van der Waals surface area contributed by atoms with Crippen molar-refractivity contribution in [1.29, 1.82) is 0 Å². The van der Waals surface area contributed by atoms with Gasteiger partial charge < -0.3 is 10.5 Å². The number of nitrogens with zero attached hydrogens (tertiary/aromatic N) is 1.